The molecule has 1 aromatic rings. The zero-order chi connectivity index (χ0) is 16.4. The van der Waals surface area contributed by atoms with Crippen molar-refractivity contribution in [2.75, 3.05) is 14.2 Å². The van der Waals surface area contributed by atoms with Gasteiger partial charge in [-0.3, -0.25) is 4.79 Å². The average molecular weight is 306 g/mol. The molecule has 0 aliphatic heterocycles. The van der Waals surface area contributed by atoms with Gasteiger partial charge in [-0.1, -0.05) is 30.3 Å². The van der Waals surface area contributed by atoms with Crippen molar-refractivity contribution < 1.29 is 23.8 Å². The lowest BCUT2D eigenvalue weighted by Gasteiger charge is -2.18. The number of esters is 2. The van der Waals surface area contributed by atoms with Gasteiger partial charge in [-0.15, -0.1) is 0 Å². The highest BCUT2D eigenvalue weighted by molar-refractivity contribution is 5.82. The lowest BCUT2D eigenvalue weighted by Crippen LogP contribution is -2.19. The first-order valence-electron chi connectivity index (χ1n) is 7.08. The Bertz CT molecular complexity index is 507. The average Bonchev–Trinajstić information content (AvgIpc) is 2.52. The van der Waals surface area contributed by atoms with Gasteiger partial charge in [0.2, 0.25) is 0 Å². The predicted molar refractivity (Wildman–Crippen MR) is 82.0 cm³/mol. The lowest BCUT2D eigenvalue weighted by molar-refractivity contribution is -0.146. The molecule has 1 rings (SSSR count). The van der Waals surface area contributed by atoms with Gasteiger partial charge in [0.25, 0.3) is 0 Å². The Morgan fingerprint density at radius 1 is 1.14 bits per heavy atom. The van der Waals surface area contributed by atoms with Crippen LogP contribution in [0.1, 0.15) is 25.3 Å². The van der Waals surface area contributed by atoms with Crippen LogP contribution in [0.15, 0.2) is 42.2 Å². The molecule has 22 heavy (non-hydrogen) atoms. The maximum atomic E-state index is 11.3. The fraction of sp³-hybridized carbons (Fsp3) is 0.412. The molecular formula is C17H22O5. The summed E-state index contributed by atoms with van der Waals surface area (Å²) in [5.74, 6) is -0.431. The van der Waals surface area contributed by atoms with Gasteiger partial charge in [0.1, 0.15) is 11.9 Å². The maximum absolute atomic E-state index is 11.3. The normalized spacial score (nSPS) is 12.4. The highest BCUT2D eigenvalue weighted by Crippen LogP contribution is 2.16. The van der Waals surface area contributed by atoms with Crippen LogP contribution in [0.3, 0.4) is 0 Å². The minimum absolute atomic E-state index is 0.331. The fourth-order valence-electron chi connectivity index (χ4n) is 2.03. The second-order valence-corrected chi connectivity index (χ2v) is 4.80. The number of hydrogen-bond acceptors (Lipinski definition) is 5. The highest BCUT2D eigenvalue weighted by atomic mass is 16.5. The Kier molecular flexibility index (Phi) is 7.75. The molecule has 0 heterocycles. The summed E-state index contributed by atoms with van der Waals surface area (Å²) in [5.41, 5.74) is 1.16. The molecular weight excluding hydrogens is 284 g/mol. The van der Waals surface area contributed by atoms with Crippen LogP contribution in [0.5, 0.6) is 0 Å². The molecule has 0 bridgehead atoms. The van der Waals surface area contributed by atoms with Crippen LogP contribution >= 0.6 is 0 Å². The quantitative estimate of drug-likeness (QED) is 0.420. The lowest BCUT2D eigenvalue weighted by atomic mass is 10.0. The molecule has 0 aromatic heterocycles. The van der Waals surface area contributed by atoms with Crippen LogP contribution in [0.4, 0.5) is 0 Å². The van der Waals surface area contributed by atoms with E-state index in [0.717, 1.165) is 12.0 Å². The van der Waals surface area contributed by atoms with Crippen molar-refractivity contribution in [2.45, 2.75) is 32.3 Å². The van der Waals surface area contributed by atoms with E-state index in [4.69, 9.17) is 9.47 Å². The minimum atomic E-state index is -0.499. The Hall–Kier alpha value is -2.30. The summed E-state index contributed by atoms with van der Waals surface area (Å²) in [6.07, 6.45) is 2.66. The number of carbonyl (C=O) groups excluding carboxylic acids is 2. The smallest absolute Gasteiger partial charge is 0.333 e. The van der Waals surface area contributed by atoms with E-state index in [-0.39, 0.29) is 12.1 Å². The third-order valence-electron chi connectivity index (χ3n) is 3.10. The monoisotopic (exact) mass is 306 g/mol. The predicted octanol–water partition coefficient (Wildman–Crippen LogP) is 2.64. The van der Waals surface area contributed by atoms with Crippen molar-refractivity contribution >= 4 is 11.9 Å². The summed E-state index contributed by atoms with van der Waals surface area (Å²) in [6.45, 7) is 1.37. The van der Waals surface area contributed by atoms with E-state index in [0.29, 0.717) is 18.6 Å². The summed E-state index contributed by atoms with van der Waals surface area (Å²) in [5, 5.41) is 0. The molecule has 0 fully saturated rings. The first kappa shape index (κ1) is 17.8. The van der Waals surface area contributed by atoms with E-state index in [9.17, 15) is 9.59 Å². The zero-order valence-electron chi connectivity index (χ0n) is 13.2. The van der Waals surface area contributed by atoms with Crippen LogP contribution in [-0.4, -0.2) is 32.3 Å². The second kappa shape index (κ2) is 9.60. The molecule has 0 aliphatic rings. The van der Waals surface area contributed by atoms with Gasteiger partial charge < -0.3 is 14.2 Å². The Morgan fingerprint density at radius 3 is 2.36 bits per heavy atom. The first-order valence-corrected chi connectivity index (χ1v) is 7.08. The molecule has 0 saturated carbocycles. The number of hydrogen-bond donors (Lipinski definition) is 0. The molecule has 120 valence electrons. The standard InChI is InChI=1S/C17H22O5/c1-13(18)22-15(10-9-14-7-5-4-6-8-14)11-16(20-2)12-17(19)21-3/h4-8,12,15H,9-11H2,1-3H3/b16-12+. The Balaban J connectivity index is 2.68. The van der Waals surface area contributed by atoms with E-state index in [1.807, 2.05) is 30.3 Å². The number of benzene rings is 1. The van der Waals surface area contributed by atoms with Gasteiger partial charge in [0.05, 0.1) is 20.3 Å². The van der Waals surface area contributed by atoms with E-state index in [1.165, 1.54) is 27.2 Å². The van der Waals surface area contributed by atoms with Gasteiger partial charge in [0.15, 0.2) is 0 Å². The van der Waals surface area contributed by atoms with Crippen molar-refractivity contribution in [3.63, 3.8) is 0 Å². The minimum Gasteiger partial charge on any atom is -0.501 e. The number of methoxy groups -OCH3 is 2. The van der Waals surface area contributed by atoms with Gasteiger partial charge >= 0.3 is 11.9 Å². The first-order chi connectivity index (χ1) is 10.5. The molecule has 0 N–H and O–H groups in total. The summed E-state index contributed by atoms with van der Waals surface area (Å²) >= 11 is 0. The largest absolute Gasteiger partial charge is 0.501 e. The molecule has 5 heteroatoms. The van der Waals surface area contributed by atoms with Crippen molar-refractivity contribution in [3.05, 3.63) is 47.7 Å². The van der Waals surface area contributed by atoms with Crippen molar-refractivity contribution in [3.8, 4) is 0 Å². The maximum Gasteiger partial charge on any atom is 0.333 e. The van der Waals surface area contributed by atoms with Crippen LogP contribution in [0, 0.1) is 0 Å². The third-order valence-corrected chi connectivity index (χ3v) is 3.10. The fourth-order valence-corrected chi connectivity index (χ4v) is 2.03. The molecule has 0 amide bonds. The topological polar surface area (TPSA) is 61.8 Å². The van der Waals surface area contributed by atoms with Crippen LogP contribution in [-0.2, 0) is 30.2 Å². The Morgan fingerprint density at radius 2 is 1.82 bits per heavy atom. The van der Waals surface area contributed by atoms with Gasteiger partial charge in [0, 0.05) is 13.3 Å². The van der Waals surface area contributed by atoms with Gasteiger partial charge in [-0.2, -0.15) is 0 Å². The van der Waals surface area contributed by atoms with E-state index in [1.54, 1.807) is 0 Å². The SMILES string of the molecule is COC(=O)/C=C(\CC(CCc1ccccc1)OC(C)=O)OC. The molecule has 0 radical (unpaired) electrons. The highest BCUT2D eigenvalue weighted by Gasteiger charge is 2.16. The summed E-state index contributed by atoms with van der Waals surface area (Å²) in [6, 6.07) is 9.93. The summed E-state index contributed by atoms with van der Waals surface area (Å²) in [4.78, 5) is 22.5. The molecule has 0 spiro atoms. The van der Waals surface area contributed by atoms with E-state index < -0.39 is 5.97 Å². The second-order valence-electron chi connectivity index (χ2n) is 4.80. The molecule has 0 aliphatic carbocycles. The molecule has 0 saturated heterocycles. The van der Waals surface area contributed by atoms with Crippen molar-refractivity contribution in [1.29, 1.82) is 0 Å². The molecule has 1 unspecified atom stereocenters. The molecule has 1 aromatic carbocycles. The number of ether oxygens (including phenoxy) is 3. The van der Waals surface area contributed by atoms with Crippen LogP contribution < -0.4 is 0 Å². The Labute approximate surface area is 130 Å². The number of rotatable bonds is 8. The third kappa shape index (κ3) is 6.92. The number of aryl methyl sites for hydroxylation is 1. The molecule has 1 atom stereocenters. The van der Waals surface area contributed by atoms with Crippen LogP contribution in [0.25, 0.3) is 0 Å². The van der Waals surface area contributed by atoms with E-state index >= 15 is 0 Å². The zero-order valence-corrected chi connectivity index (χ0v) is 13.2. The van der Waals surface area contributed by atoms with Gasteiger partial charge in [-0.25, -0.2) is 4.79 Å². The van der Waals surface area contributed by atoms with Crippen LogP contribution in [0.2, 0.25) is 0 Å². The summed E-state index contributed by atoms with van der Waals surface area (Å²) < 4.78 is 15.0. The summed E-state index contributed by atoms with van der Waals surface area (Å²) in [7, 11) is 2.77. The number of carbonyl (C=O) groups is 2. The van der Waals surface area contributed by atoms with Crippen molar-refractivity contribution in [2.24, 2.45) is 0 Å². The van der Waals surface area contributed by atoms with E-state index in [2.05, 4.69) is 4.74 Å². The van der Waals surface area contributed by atoms with Crippen molar-refractivity contribution in [1.82, 2.24) is 0 Å². The van der Waals surface area contributed by atoms with Gasteiger partial charge in [-0.05, 0) is 18.4 Å². The molecule has 5 nitrogen and oxygen atoms in total.